The molecule has 0 aliphatic heterocycles. The summed E-state index contributed by atoms with van der Waals surface area (Å²) in [5.41, 5.74) is 4.08. The van der Waals surface area contributed by atoms with Crippen LogP contribution in [0.4, 0.5) is 5.82 Å². The monoisotopic (exact) mass is 453 g/mol. The van der Waals surface area contributed by atoms with Crippen LogP contribution in [0.1, 0.15) is 21.7 Å². The summed E-state index contributed by atoms with van der Waals surface area (Å²) in [6, 6.07) is 18.9. The van der Waals surface area contributed by atoms with Gasteiger partial charge in [-0.25, -0.2) is 14.6 Å². The van der Waals surface area contributed by atoms with Gasteiger partial charge in [0.1, 0.15) is 17.7 Å². The number of aromatic nitrogens is 5. The van der Waals surface area contributed by atoms with Gasteiger partial charge in [0.25, 0.3) is 5.91 Å². The van der Waals surface area contributed by atoms with Gasteiger partial charge < -0.3 is 15.2 Å². The van der Waals surface area contributed by atoms with Gasteiger partial charge in [-0.1, -0.05) is 35.5 Å². The molecule has 9 nitrogen and oxygen atoms in total. The predicted octanol–water partition coefficient (Wildman–Crippen LogP) is 3.93. The maximum atomic E-state index is 12.7. The molecule has 0 saturated heterocycles. The Morgan fingerprint density at radius 1 is 1.00 bits per heavy atom. The van der Waals surface area contributed by atoms with Crippen molar-refractivity contribution in [3.8, 4) is 17.1 Å². The molecule has 2 N–H and O–H groups in total. The minimum Gasteiger partial charge on any atom is -0.368 e. The minimum absolute atomic E-state index is 0.171. The molecule has 0 saturated carbocycles. The first-order chi connectivity index (χ1) is 16.6. The van der Waals surface area contributed by atoms with Crippen molar-refractivity contribution < 1.29 is 9.32 Å². The summed E-state index contributed by atoms with van der Waals surface area (Å²) in [6.07, 6.45) is 1.49. The van der Waals surface area contributed by atoms with E-state index < -0.39 is 0 Å². The van der Waals surface area contributed by atoms with Crippen molar-refractivity contribution >= 4 is 22.6 Å². The lowest BCUT2D eigenvalue weighted by atomic mass is 10.1. The Balaban J connectivity index is 1.22. The maximum Gasteiger partial charge on any atom is 0.251 e. The lowest BCUT2D eigenvalue weighted by Crippen LogP contribution is -2.28. The van der Waals surface area contributed by atoms with Crippen molar-refractivity contribution in [2.75, 3.05) is 18.4 Å². The van der Waals surface area contributed by atoms with Crippen LogP contribution in [0.15, 0.2) is 71.5 Å². The van der Waals surface area contributed by atoms with Gasteiger partial charge in [0.2, 0.25) is 0 Å². The predicted molar refractivity (Wildman–Crippen MR) is 129 cm³/mol. The highest BCUT2D eigenvalue weighted by molar-refractivity contribution is 6.00. The summed E-state index contributed by atoms with van der Waals surface area (Å²) in [4.78, 5) is 21.3. The van der Waals surface area contributed by atoms with Crippen LogP contribution in [0.5, 0.6) is 0 Å². The third kappa shape index (κ3) is 4.36. The molecule has 3 aromatic heterocycles. The largest absolute Gasteiger partial charge is 0.368 e. The number of carbonyl (C=O) groups is 1. The molecule has 1 amide bonds. The second kappa shape index (κ2) is 9.14. The molecule has 5 aromatic rings. The molecule has 0 radical (unpaired) electrons. The number of aryl methyl sites for hydroxylation is 2. The highest BCUT2D eigenvalue weighted by Gasteiger charge is 2.14. The molecular weight excluding hydrogens is 430 g/mol. The minimum atomic E-state index is -0.171. The summed E-state index contributed by atoms with van der Waals surface area (Å²) < 4.78 is 7.30. The van der Waals surface area contributed by atoms with E-state index in [-0.39, 0.29) is 5.91 Å². The molecule has 0 atom stereocenters. The van der Waals surface area contributed by atoms with E-state index in [4.69, 9.17) is 4.52 Å². The van der Waals surface area contributed by atoms with Gasteiger partial charge in [0, 0.05) is 36.0 Å². The quantitative estimate of drug-likeness (QED) is 0.359. The molecule has 2 aromatic carbocycles. The molecule has 0 aliphatic rings. The van der Waals surface area contributed by atoms with E-state index in [1.54, 1.807) is 16.8 Å². The standard InChI is InChI=1S/C25H23N7O2/c1-16-12-17(2)32(30-16)23-14-22(28-15-29-23)26-10-11-27-25(33)19-8-9-21-20(13-19)24(34-31-21)18-6-4-3-5-7-18/h3-9,12-15H,10-11H2,1-2H3,(H,27,33)(H,26,28,29). The topological polar surface area (TPSA) is 111 Å². The highest BCUT2D eigenvalue weighted by Crippen LogP contribution is 2.29. The van der Waals surface area contributed by atoms with Gasteiger partial charge in [0.15, 0.2) is 11.6 Å². The fourth-order valence-corrected chi connectivity index (χ4v) is 3.77. The molecule has 3 heterocycles. The van der Waals surface area contributed by atoms with Crippen LogP contribution in [0.25, 0.3) is 28.0 Å². The number of fused-ring (bicyclic) bond motifs is 1. The number of hydrogen-bond acceptors (Lipinski definition) is 7. The number of nitrogens with zero attached hydrogens (tertiary/aromatic N) is 5. The van der Waals surface area contributed by atoms with E-state index in [1.807, 2.05) is 62.4 Å². The van der Waals surface area contributed by atoms with Crippen LogP contribution in [0.3, 0.4) is 0 Å². The maximum absolute atomic E-state index is 12.7. The molecule has 0 bridgehead atoms. The van der Waals surface area contributed by atoms with Crippen LogP contribution < -0.4 is 10.6 Å². The number of carbonyl (C=O) groups excluding carboxylic acids is 1. The summed E-state index contributed by atoms with van der Waals surface area (Å²) in [5, 5.41) is 15.5. The summed E-state index contributed by atoms with van der Waals surface area (Å²) in [7, 11) is 0. The second-order valence-electron chi connectivity index (χ2n) is 7.89. The van der Waals surface area contributed by atoms with Crippen molar-refractivity contribution in [2.24, 2.45) is 0 Å². The average molecular weight is 454 g/mol. The number of amides is 1. The highest BCUT2D eigenvalue weighted by atomic mass is 16.5. The molecule has 5 rings (SSSR count). The molecule has 170 valence electrons. The van der Waals surface area contributed by atoms with Crippen LogP contribution in [-0.4, -0.2) is 43.9 Å². The van der Waals surface area contributed by atoms with Gasteiger partial charge in [0.05, 0.1) is 11.1 Å². The van der Waals surface area contributed by atoms with Gasteiger partial charge >= 0.3 is 0 Å². The summed E-state index contributed by atoms with van der Waals surface area (Å²) >= 11 is 0. The Hall–Kier alpha value is -4.53. The Morgan fingerprint density at radius 2 is 1.85 bits per heavy atom. The van der Waals surface area contributed by atoms with E-state index in [0.29, 0.717) is 41.6 Å². The van der Waals surface area contributed by atoms with Crippen molar-refractivity contribution in [1.82, 2.24) is 30.2 Å². The van der Waals surface area contributed by atoms with Crippen molar-refractivity contribution in [3.63, 3.8) is 0 Å². The molecule has 34 heavy (non-hydrogen) atoms. The smallest absolute Gasteiger partial charge is 0.251 e. The Morgan fingerprint density at radius 3 is 2.65 bits per heavy atom. The SMILES string of the molecule is Cc1cc(C)n(-c2cc(NCCNC(=O)c3ccc4noc(-c5ccccc5)c4c3)ncn2)n1. The van der Waals surface area contributed by atoms with E-state index >= 15 is 0 Å². The fraction of sp³-hybridized carbons (Fsp3) is 0.160. The van der Waals surface area contributed by atoms with E-state index in [1.165, 1.54) is 6.33 Å². The zero-order chi connectivity index (χ0) is 23.5. The van der Waals surface area contributed by atoms with Gasteiger partial charge in [-0.3, -0.25) is 4.79 Å². The number of nitrogens with one attached hydrogen (secondary N) is 2. The molecule has 0 aliphatic carbocycles. The summed E-state index contributed by atoms with van der Waals surface area (Å²) in [6.45, 7) is 4.84. The first kappa shape index (κ1) is 21.3. The van der Waals surface area contributed by atoms with E-state index in [0.717, 1.165) is 22.3 Å². The van der Waals surface area contributed by atoms with Crippen LogP contribution >= 0.6 is 0 Å². The normalized spacial score (nSPS) is 11.0. The first-order valence-corrected chi connectivity index (χ1v) is 10.9. The lowest BCUT2D eigenvalue weighted by Gasteiger charge is -2.09. The Labute approximate surface area is 195 Å². The fourth-order valence-electron chi connectivity index (χ4n) is 3.77. The van der Waals surface area contributed by atoms with Gasteiger partial charge in [-0.05, 0) is 38.1 Å². The van der Waals surface area contributed by atoms with E-state index in [9.17, 15) is 4.79 Å². The van der Waals surface area contributed by atoms with E-state index in [2.05, 4.69) is 30.9 Å². The molecule has 0 spiro atoms. The van der Waals surface area contributed by atoms with Gasteiger partial charge in [-0.15, -0.1) is 0 Å². The van der Waals surface area contributed by atoms with Crippen molar-refractivity contribution in [2.45, 2.75) is 13.8 Å². The first-order valence-electron chi connectivity index (χ1n) is 10.9. The van der Waals surface area contributed by atoms with Crippen molar-refractivity contribution in [3.05, 3.63) is 83.9 Å². The van der Waals surface area contributed by atoms with Crippen LogP contribution in [0.2, 0.25) is 0 Å². The lowest BCUT2D eigenvalue weighted by molar-refractivity contribution is 0.0955. The number of rotatable bonds is 7. The second-order valence-corrected chi connectivity index (χ2v) is 7.89. The van der Waals surface area contributed by atoms with Gasteiger partial charge in [-0.2, -0.15) is 5.10 Å². The zero-order valence-corrected chi connectivity index (χ0v) is 18.8. The number of anilines is 1. The Bertz CT molecular complexity index is 1460. The Kier molecular flexibility index (Phi) is 5.73. The summed E-state index contributed by atoms with van der Waals surface area (Å²) in [5.74, 6) is 1.82. The number of hydrogen-bond donors (Lipinski definition) is 2. The number of benzene rings is 2. The molecule has 9 heteroatoms. The third-order valence-corrected chi connectivity index (χ3v) is 5.37. The molecular formula is C25H23N7O2. The van der Waals surface area contributed by atoms with Crippen LogP contribution in [-0.2, 0) is 0 Å². The average Bonchev–Trinajstić information content (AvgIpc) is 3.44. The molecule has 0 unspecified atom stereocenters. The zero-order valence-electron chi connectivity index (χ0n) is 18.8. The van der Waals surface area contributed by atoms with Crippen LogP contribution in [0, 0.1) is 13.8 Å². The van der Waals surface area contributed by atoms with Crippen molar-refractivity contribution in [1.29, 1.82) is 0 Å². The molecule has 0 fully saturated rings. The third-order valence-electron chi connectivity index (χ3n) is 5.37.